The molecule has 0 aliphatic rings. The Balaban J connectivity index is 2.12. The number of rotatable bonds is 12. The molecule has 0 heterocycles. The highest BCUT2D eigenvalue weighted by Gasteiger charge is 2.34. The van der Waals surface area contributed by atoms with Gasteiger partial charge in [-0.3, -0.25) is 13.9 Å². The summed E-state index contributed by atoms with van der Waals surface area (Å²) in [5, 5.41) is 4.02. The number of nitrogens with one attached hydrogen (secondary N) is 1. The van der Waals surface area contributed by atoms with Crippen molar-refractivity contribution in [3.05, 3.63) is 92.4 Å². The number of nitrogens with zero attached hydrogens (tertiary/aromatic N) is 2. The summed E-state index contributed by atoms with van der Waals surface area (Å²) in [6, 6.07) is 15.1. The van der Waals surface area contributed by atoms with Crippen LogP contribution in [0, 0.1) is 13.8 Å². The molecule has 3 aromatic rings. The lowest BCUT2D eigenvalue weighted by Gasteiger charge is -2.34. The molecular formula is C31H36Cl3N3O4S. The second kappa shape index (κ2) is 14.6. The molecule has 0 aliphatic heterocycles. The second-order valence-electron chi connectivity index (χ2n) is 10.3. The third-order valence-corrected chi connectivity index (χ3v) is 9.67. The number of sulfonamides is 1. The molecule has 0 fully saturated rings. The molecule has 11 heteroatoms. The Labute approximate surface area is 263 Å². The highest BCUT2D eigenvalue weighted by molar-refractivity contribution is 7.92. The molecule has 3 rings (SSSR count). The van der Waals surface area contributed by atoms with Gasteiger partial charge in [-0.2, -0.15) is 0 Å². The van der Waals surface area contributed by atoms with Gasteiger partial charge in [0.25, 0.3) is 10.0 Å². The maximum Gasteiger partial charge on any atom is 0.264 e. The van der Waals surface area contributed by atoms with Gasteiger partial charge in [0.05, 0.1) is 10.6 Å². The first-order valence-electron chi connectivity index (χ1n) is 13.7. The van der Waals surface area contributed by atoms with Gasteiger partial charge in [0, 0.05) is 27.7 Å². The summed E-state index contributed by atoms with van der Waals surface area (Å²) in [7, 11) is -4.22. The Bertz CT molecular complexity index is 1530. The molecular weight excluding hydrogens is 617 g/mol. The van der Waals surface area contributed by atoms with Crippen molar-refractivity contribution in [2.24, 2.45) is 0 Å². The topological polar surface area (TPSA) is 86.8 Å². The van der Waals surface area contributed by atoms with E-state index in [1.54, 1.807) is 56.3 Å². The van der Waals surface area contributed by atoms with E-state index in [9.17, 15) is 18.0 Å². The minimum absolute atomic E-state index is 0.0223. The second-order valence-corrected chi connectivity index (χ2v) is 13.4. The van der Waals surface area contributed by atoms with E-state index < -0.39 is 28.5 Å². The summed E-state index contributed by atoms with van der Waals surface area (Å²) >= 11 is 18.9. The minimum Gasteiger partial charge on any atom is -0.352 e. The Morgan fingerprint density at radius 2 is 1.50 bits per heavy atom. The van der Waals surface area contributed by atoms with Crippen LogP contribution in [0.25, 0.3) is 0 Å². The average molecular weight is 653 g/mol. The lowest BCUT2D eigenvalue weighted by molar-refractivity contribution is -0.140. The summed E-state index contributed by atoms with van der Waals surface area (Å²) < 4.78 is 29.2. The van der Waals surface area contributed by atoms with E-state index in [0.29, 0.717) is 39.0 Å². The fourth-order valence-corrected chi connectivity index (χ4v) is 6.50. The predicted molar refractivity (Wildman–Crippen MR) is 171 cm³/mol. The van der Waals surface area contributed by atoms with Crippen LogP contribution in [0.4, 0.5) is 5.69 Å². The van der Waals surface area contributed by atoms with Gasteiger partial charge in [0.2, 0.25) is 11.8 Å². The summed E-state index contributed by atoms with van der Waals surface area (Å²) in [4.78, 5) is 29.1. The third-order valence-electron chi connectivity index (χ3n) is 7.07. The first-order chi connectivity index (χ1) is 19.8. The molecule has 2 atom stereocenters. The molecule has 1 N–H and O–H groups in total. The van der Waals surface area contributed by atoms with Gasteiger partial charge in [-0.25, -0.2) is 8.42 Å². The van der Waals surface area contributed by atoms with Gasteiger partial charge in [0.1, 0.15) is 12.6 Å². The zero-order chi connectivity index (χ0) is 31.2. The SMILES string of the molecule is CC[C@@H](C)NC(=O)[C@@H](CC)N(Cc1ccc(Cl)cc1Cl)C(=O)CN(c1cc(Cl)ccc1C)S(=O)(=O)c1ccc(C)cc1. The van der Waals surface area contributed by atoms with Crippen LogP contribution in [0.1, 0.15) is 50.3 Å². The van der Waals surface area contributed by atoms with Crippen LogP contribution in [0.3, 0.4) is 0 Å². The van der Waals surface area contributed by atoms with Gasteiger partial charge in [-0.1, -0.05) is 78.5 Å². The first-order valence-corrected chi connectivity index (χ1v) is 16.2. The van der Waals surface area contributed by atoms with Crippen LogP contribution in [0.5, 0.6) is 0 Å². The molecule has 0 radical (unpaired) electrons. The molecule has 0 spiro atoms. The predicted octanol–water partition coefficient (Wildman–Crippen LogP) is 7.18. The van der Waals surface area contributed by atoms with E-state index in [0.717, 1.165) is 9.87 Å². The van der Waals surface area contributed by atoms with Crippen LogP contribution in [0.2, 0.25) is 15.1 Å². The van der Waals surface area contributed by atoms with E-state index in [1.165, 1.54) is 23.1 Å². The Morgan fingerprint density at radius 1 is 0.881 bits per heavy atom. The van der Waals surface area contributed by atoms with E-state index in [-0.39, 0.29) is 29.1 Å². The van der Waals surface area contributed by atoms with Crippen molar-refractivity contribution in [3.63, 3.8) is 0 Å². The summed E-state index contributed by atoms with van der Waals surface area (Å²) in [6.07, 6.45) is 0.996. The standard InChI is InChI=1S/C31H36Cl3N3O4S/c1-6-22(5)35-31(39)28(7-2)36(18-23-11-13-24(32)16-27(23)34)30(38)19-37(29-17-25(33)12-10-21(29)4)42(40,41)26-14-8-20(3)9-15-26/h8-17,22,28H,6-7,18-19H2,1-5H3,(H,35,39)/t22-,28-/m1/s1. The number of hydrogen-bond donors (Lipinski definition) is 1. The zero-order valence-corrected chi connectivity index (χ0v) is 27.4. The van der Waals surface area contributed by atoms with Crippen LogP contribution in [0.15, 0.2) is 65.6 Å². The van der Waals surface area contributed by atoms with Crippen LogP contribution in [-0.2, 0) is 26.2 Å². The van der Waals surface area contributed by atoms with E-state index in [1.807, 2.05) is 20.8 Å². The van der Waals surface area contributed by atoms with Crippen molar-refractivity contribution >= 4 is 62.3 Å². The van der Waals surface area contributed by atoms with Gasteiger partial charge < -0.3 is 10.2 Å². The Morgan fingerprint density at radius 3 is 2.10 bits per heavy atom. The van der Waals surface area contributed by atoms with Gasteiger partial charge in [0.15, 0.2) is 0 Å². The summed E-state index contributed by atoms with van der Waals surface area (Å²) in [5.74, 6) is -0.917. The van der Waals surface area contributed by atoms with Crippen LogP contribution in [-0.4, -0.2) is 43.8 Å². The summed E-state index contributed by atoms with van der Waals surface area (Å²) in [5.41, 5.74) is 2.32. The molecule has 2 amide bonds. The third kappa shape index (κ3) is 8.19. The fraction of sp³-hybridized carbons (Fsp3) is 0.355. The molecule has 3 aromatic carbocycles. The van der Waals surface area contributed by atoms with Crippen molar-refractivity contribution in [2.75, 3.05) is 10.8 Å². The quantitative estimate of drug-likeness (QED) is 0.225. The maximum atomic E-state index is 14.2. The van der Waals surface area contributed by atoms with Crippen LogP contribution < -0.4 is 9.62 Å². The van der Waals surface area contributed by atoms with Crippen molar-refractivity contribution in [2.45, 2.75) is 71.0 Å². The van der Waals surface area contributed by atoms with Crippen molar-refractivity contribution in [3.8, 4) is 0 Å². The van der Waals surface area contributed by atoms with Crippen molar-refractivity contribution < 1.29 is 18.0 Å². The average Bonchev–Trinajstić information content (AvgIpc) is 2.94. The highest BCUT2D eigenvalue weighted by atomic mass is 35.5. The number of hydrogen-bond acceptors (Lipinski definition) is 4. The largest absolute Gasteiger partial charge is 0.352 e. The molecule has 7 nitrogen and oxygen atoms in total. The molecule has 0 unspecified atom stereocenters. The van der Waals surface area contributed by atoms with E-state index in [4.69, 9.17) is 34.8 Å². The minimum atomic E-state index is -4.22. The van der Waals surface area contributed by atoms with Crippen molar-refractivity contribution in [1.82, 2.24) is 10.2 Å². The Hall–Kier alpha value is -2.78. The molecule has 0 aliphatic carbocycles. The van der Waals surface area contributed by atoms with E-state index in [2.05, 4.69) is 5.32 Å². The van der Waals surface area contributed by atoms with E-state index >= 15 is 0 Å². The summed E-state index contributed by atoms with van der Waals surface area (Å²) in [6.45, 7) is 8.62. The molecule has 0 aromatic heterocycles. The van der Waals surface area contributed by atoms with Crippen molar-refractivity contribution in [1.29, 1.82) is 0 Å². The molecule has 0 saturated carbocycles. The highest BCUT2D eigenvalue weighted by Crippen LogP contribution is 2.31. The number of aryl methyl sites for hydroxylation is 2. The molecule has 42 heavy (non-hydrogen) atoms. The number of amides is 2. The molecule has 0 bridgehead atoms. The number of carbonyl (C=O) groups excluding carboxylic acids is 2. The van der Waals surface area contributed by atoms with Gasteiger partial charge in [-0.05, 0) is 81.1 Å². The fourth-order valence-electron chi connectivity index (χ4n) is 4.40. The lowest BCUT2D eigenvalue weighted by atomic mass is 10.1. The van der Waals surface area contributed by atoms with Gasteiger partial charge in [-0.15, -0.1) is 0 Å². The smallest absolute Gasteiger partial charge is 0.264 e. The molecule has 226 valence electrons. The van der Waals surface area contributed by atoms with Gasteiger partial charge >= 0.3 is 0 Å². The Kier molecular flexibility index (Phi) is 11.7. The van der Waals surface area contributed by atoms with Crippen LogP contribution >= 0.6 is 34.8 Å². The molecule has 0 saturated heterocycles. The number of carbonyl (C=O) groups is 2. The zero-order valence-electron chi connectivity index (χ0n) is 24.3. The normalized spacial score (nSPS) is 12.9. The number of benzene rings is 3. The maximum absolute atomic E-state index is 14.2. The lowest BCUT2D eigenvalue weighted by Crippen LogP contribution is -2.53. The number of anilines is 1. The number of halogens is 3. The monoisotopic (exact) mass is 651 g/mol. The first kappa shape index (κ1) is 33.7.